The van der Waals surface area contributed by atoms with Crippen LogP contribution in [-0.2, 0) is 9.84 Å². The molecule has 8 heteroatoms. The number of carbonyl (C=O) groups is 1. The van der Waals surface area contributed by atoms with E-state index in [9.17, 15) is 17.6 Å². The van der Waals surface area contributed by atoms with Gasteiger partial charge in [-0.25, -0.2) is 12.8 Å². The maximum Gasteiger partial charge on any atom is 0.256 e. The molecule has 5 rings (SSSR count). The lowest BCUT2D eigenvalue weighted by Crippen LogP contribution is -2.48. The van der Waals surface area contributed by atoms with Gasteiger partial charge in [-0.2, -0.15) is 0 Å². The summed E-state index contributed by atoms with van der Waals surface area (Å²) in [6, 6.07) is 21.0. The second kappa shape index (κ2) is 8.85. The normalized spacial score (nSPS) is 14.5. The number of nitrogens with zero attached hydrogens (tertiary/aromatic N) is 2. The fourth-order valence-electron chi connectivity index (χ4n) is 4.29. The van der Waals surface area contributed by atoms with Gasteiger partial charge in [-0.1, -0.05) is 30.3 Å². The number of hydrogen-bond acceptors (Lipinski definition) is 5. The van der Waals surface area contributed by atoms with E-state index in [4.69, 9.17) is 0 Å². The van der Waals surface area contributed by atoms with Gasteiger partial charge in [-0.05, 0) is 48.0 Å². The van der Waals surface area contributed by atoms with E-state index >= 15 is 0 Å². The third-order valence-electron chi connectivity index (χ3n) is 6.11. The van der Waals surface area contributed by atoms with Crippen LogP contribution in [0, 0.1) is 5.82 Å². The Labute approximate surface area is 202 Å². The maximum absolute atomic E-state index is 13.8. The number of thiophene rings is 1. The minimum Gasteiger partial charge on any atom is -0.368 e. The quantitative estimate of drug-likeness (QED) is 0.397. The molecule has 34 heavy (non-hydrogen) atoms. The molecule has 4 aromatic rings. The Morgan fingerprint density at radius 1 is 0.882 bits per heavy atom. The Kier molecular flexibility index (Phi) is 5.87. The maximum atomic E-state index is 13.8. The number of benzene rings is 3. The van der Waals surface area contributed by atoms with Crippen molar-refractivity contribution < 1.29 is 17.6 Å². The van der Waals surface area contributed by atoms with Gasteiger partial charge in [-0.15, -0.1) is 11.3 Å². The van der Waals surface area contributed by atoms with Gasteiger partial charge in [0.05, 0.1) is 10.5 Å². The standard InChI is InChI=1S/C26H23FN2O3S2/c1-34(31,32)21-12-6-18(7-13-21)25-24(22-4-2-3-5-23(22)33-25)26(30)29-16-14-28(15-17-29)20-10-8-19(27)9-11-20/h2-13H,14-17H2,1H3. The highest BCUT2D eigenvalue weighted by Gasteiger charge is 2.27. The summed E-state index contributed by atoms with van der Waals surface area (Å²) < 4.78 is 38.0. The zero-order valence-electron chi connectivity index (χ0n) is 18.6. The van der Waals surface area contributed by atoms with Gasteiger partial charge in [-0.3, -0.25) is 4.79 Å². The Balaban J connectivity index is 1.45. The zero-order chi connectivity index (χ0) is 23.9. The largest absolute Gasteiger partial charge is 0.368 e. The Bertz CT molecular complexity index is 1450. The van der Waals surface area contributed by atoms with Gasteiger partial charge in [0.15, 0.2) is 9.84 Å². The third-order valence-corrected chi connectivity index (χ3v) is 8.46. The van der Waals surface area contributed by atoms with Crippen LogP contribution in [0.5, 0.6) is 0 Å². The summed E-state index contributed by atoms with van der Waals surface area (Å²) in [6.45, 7) is 2.45. The summed E-state index contributed by atoms with van der Waals surface area (Å²) >= 11 is 1.54. The lowest BCUT2D eigenvalue weighted by molar-refractivity contribution is 0.0750. The van der Waals surface area contributed by atoms with E-state index in [1.807, 2.05) is 29.2 Å². The molecule has 1 aromatic heterocycles. The molecule has 1 fully saturated rings. The molecular formula is C26H23FN2O3S2. The fraction of sp³-hybridized carbons (Fsp3) is 0.192. The van der Waals surface area contributed by atoms with E-state index < -0.39 is 9.84 Å². The van der Waals surface area contributed by atoms with Crippen molar-refractivity contribution >= 4 is 42.9 Å². The number of hydrogen-bond donors (Lipinski definition) is 0. The van der Waals surface area contributed by atoms with Crippen LogP contribution in [0.1, 0.15) is 10.4 Å². The first-order valence-electron chi connectivity index (χ1n) is 10.9. The molecule has 3 aromatic carbocycles. The Morgan fingerprint density at radius 2 is 1.53 bits per heavy atom. The predicted octanol–water partition coefficient (Wildman–Crippen LogP) is 5.07. The highest BCUT2D eigenvalue weighted by atomic mass is 32.2. The van der Waals surface area contributed by atoms with Crippen LogP contribution in [0.2, 0.25) is 0 Å². The van der Waals surface area contributed by atoms with Crippen molar-refractivity contribution in [2.75, 3.05) is 37.3 Å². The Hall–Kier alpha value is -3.23. The molecule has 1 saturated heterocycles. The van der Waals surface area contributed by atoms with E-state index in [0.29, 0.717) is 31.7 Å². The minimum atomic E-state index is -3.30. The van der Waals surface area contributed by atoms with E-state index in [1.165, 1.54) is 29.7 Å². The highest BCUT2D eigenvalue weighted by Crippen LogP contribution is 2.39. The molecule has 0 radical (unpaired) electrons. The van der Waals surface area contributed by atoms with Crippen LogP contribution in [-0.4, -0.2) is 51.7 Å². The molecular weight excluding hydrogens is 471 g/mol. The molecule has 0 atom stereocenters. The number of sulfone groups is 1. The number of fused-ring (bicyclic) bond motifs is 1. The molecule has 1 amide bonds. The lowest BCUT2D eigenvalue weighted by Gasteiger charge is -2.36. The van der Waals surface area contributed by atoms with E-state index in [2.05, 4.69) is 4.90 Å². The van der Waals surface area contributed by atoms with Crippen LogP contribution < -0.4 is 4.90 Å². The van der Waals surface area contributed by atoms with Crippen molar-refractivity contribution in [1.82, 2.24) is 4.90 Å². The number of rotatable bonds is 4. The molecule has 0 spiro atoms. The first-order chi connectivity index (χ1) is 16.3. The van der Waals surface area contributed by atoms with Crippen molar-refractivity contribution in [2.45, 2.75) is 4.90 Å². The molecule has 1 aliphatic heterocycles. The smallest absolute Gasteiger partial charge is 0.256 e. The summed E-state index contributed by atoms with van der Waals surface area (Å²) in [6.07, 6.45) is 1.18. The van der Waals surface area contributed by atoms with Crippen molar-refractivity contribution in [3.63, 3.8) is 0 Å². The predicted molar refractivity (Wildman–Crippen MR) is 135 cm³/mol. The van der Waals surface area contributed by atoms with Gasteiger partial charge in [0, 0.05) is 53.1 Å². The topological polar surface area (TPSA) is 57.7 Å². The first-order valence-corrected chi connectivity index (χ1v) is 13.6. The number of amides is 1. The monoisotopic (exact) mass is 494 g/mol. The molecule has 174 valence electrons. The summed E-state index contributed by atoms with van der Waals surface area (Å²) in [7, 11) is -3.30. The van der Waals surface area contributed by atoms with Gasteiger partial charge >= 0.3 is 0 Å². The summed E-state index contributed by atoms with van der Waals surface area (Å²) in [5.41, 5.74) is 2.42. The van der Waals surface area contributed by atoms with Crippen molar-refractivity contribution in [3.05, 3.63) is 84.2 Å². The third kappa shape index (κ3) is 4.31. The minimum absolute atomic E-state index is 0.0293. The van der Waals surface area contributed by atoms with E-state index in [0.717, 1.165) is 26.2 Å². The van der Waals surface area contributed by atoms with Crippen molar-refractivity contribution in [3.8, 4) is 10.4 Å². The molecule has 1 aliphatic rings. The zero-order valence-corrected chi connectivity index (χ0v) is 20.2. The number of halogens is 1. The summed E-state index contributed by atoms with van der Waals surface area (Å²) in [5, 5.41) is 0.903. The fourth-order valence-corrected chi connectivity index (χ4v) is 6.12. The summed E-state index contributed by atoms with van der Waals surface area (Å²) in [4.78, 5) is 18.9. The van der Waals surface area contributed by atoms with Gasteiger partial charge in [0.2, 0.25) is 0 Å². The summed E-state index contributed by atoms with van der Waals surface area (Å²) in [5.74, 6) is -0.294. The molecule has 0 bridgehead atoms. The van der Waals surface area contributed by atoms with Crippen molar-refractivity contribution in [2.24, 2.45) is 0 Å². The van der Waals surface area contributed by atoms with Gasteiger partial charge in [0.25, 0.3) is 5.91 Å². The molecule has 2 heterocycles. The second-order valence-electron chi connectivity index (χ2n) is 8.35. The number of anilines is 1. The molecule has 5 nitrogen and oxygen atoms in total. The van der Waals surface area contributed by atoms with E-state index in [1.54, 1.807) is 36.4 Å². The molecule has 0 aliphatic carbocycles. The molecule has 0 saturated carbocycles. The van der Waals surface area contributed by atoms with Crippen LogP contribution in [0.3, 0.4) is 0 Å². The van der Waals surface area contributed by atoms with Crippen LogP contribution >= 0.6 is 11.3 Å². The Morgan fingerprint density at radius 3 is 2.18 bits per heavy atom. The van der Waals surface area contributed by atoms with Crippen molar-refractivity contribution in [1.29, 1.82) is 0 Å². The molecule has 0 unspecified atom stereocenters. The lowest BCUT2D eigenvalue weighted by atomic mass is 10.0. The average molecular weight is 495 g/mol. The van der Waals surface area contributed by atoms with E-state index in [-0.39, 0.29) is 16.6 Å². The second-order valence-corrected chi connectivity index (χ2v) is 11.4. The van der Waals surface area contributed by atoms with Gasteiger partial charge < -0.3 is 9.80 Å². The SMILES string of the molecule is CS(=O)(=O)c1ccc(-c2sc3ccccc3c2C(=O)N2CCN(c3ccc(F)cc3)CC2)cc1. The number of piperazine rings is 1. The number of carbonyl (C=O) groups excluding carboxylic acids is 1. The van der Waals surface area contributed by atoms with Crippen LogP contribution in [0.15, 0.2) is 77.7 Å². The highest BCUT2D eigenvalue weighted by molar-refractivity contribution is 7.90. The average Bonchev–Trinajstić information content (AvgIpc) is 3.23. The van der Waals surface area contributed by atoms with Gasteiger partial charge in [0.1, 0.15) is 5.82 Å². The van der Waals surface area contributed by atoms with Crippen LogP contribution in [0.4, 0.5) is 10.1 Å². The molecule has 0 N–H and O–H groups in total. The first kappa shape index (κ1) is 22.6. The van der Waals surface area contributed by atoms with Crippen LogP contribution in [0.25, 0.3) is 20.5 Å².